The van der Waals surface area contributed by atoms with Gasteiger partial charge in [-0.3, -0.25) is 0 Å². The molecule has 2 atom stereocenters. The number of rotatable bonds is 2. The van der Waals surface area contributed by atoms with Crippen molar-refractivity contribution in [1.82, 2.24) is 19.6 Å². The third-order valence-electron chi connectivity index (χ3n) is 3.44. The molecule has 0 radical (unpaired) electrons. The molecule has 1 aliphatic rings. The number of nitrogens with zero attached hydrogens (tertiary/aromatic N) is 5. The van der Waals surface area contributed by atoms with Crippen molar-refractivity contribution in [2.75, 3.05) is 0 Å². The summed E-state index contributed by atoms with van der Waals surface area (Å²) in [5.74, 6) is 0.867. The van der Waals surface area contributed by atoms with Gasteiger partial charge in [-0.15, -0.1) is 5.10 Å². The average Bonchev–Trinajstić information content (AvgIpc) is 2.96. The van der Waals surface area contributed by atoms with Crippen molar-refractivity contribution in [2.45, 2.75) is 43.5 Å². The van der Waals surface area contributed by atoms with E-state index in [9.17, 15) is 0 Å². The van der Waals surface area contributed by atoms with Crippen molar-refractivity contribution < 1.29 is 0 Å². The van der Waals surface area contributed by atoms with Crippen molar-refractivity contribution in [2.24, 2.45) is 5.92 Å². The van der Waals surface area contributed by atoms with E-state index in [-0.39, 0.29) is 5.92 Å². The first-order valence-electron chi connectivity index (χ1n) is 6.43. The summed E-state index contributed by atoms with van der Waals surface area (Å²) < 4.78 is 1.78. The molecule has 0 aliphatic heterocycles. The Morgan fingerprint density at radius 2 is 2.21 bits per heavy atom. The molecule has 98 valence electrons. The fourth-order valence-corrected chi connectivity index (χ4v) is 3.66. The highest BCUT2D eigenvalue weighted by Gasteiger charge is 2.26. The monoisotopic (exact) mass is 273 g/mol. The maximum Gasteiger partial charge on any atom is 0.253 e. The van der Waals surface area contributed by atoms with E-state index in [0.717, 1.165) is 35.8 Å². The van der Waals surface area contributed by atoms with Gasteiger partial charge in [-0.05, 0) is 39.2 Å². The number of fused-ring (bicyclic) bond motifs is 1. The highest BCUT2D eigenvalue weighted by atomic mass is 32.2. The van der Waals surface area contributed by atoms with Crippen LogP contribution in [0.5, 0.6) is 0 Å². The van der Waals surface area contributed by atoms with Crippen LogP contribution >= 0.6 is 11.8 Å². The van der Waals surface area contributed by atoms with Gasteiger partial charge >= 0.3 is 0 Å². The van der Waals surface area contributed by atoms with Crippen LogP contribution in [0, 0.1) is 31.1 Å². The first kappa shape index (κ1) is 12.4. The van der Waals surface area contributed by atoms with Gasteiger partial charge in [0.1, 0.15) is 0 Å². The lowest BCUT2D eigenvalue weighted by Crippen LogP contribution is -1.98. The summed E-state index contributed by atoms with van der Waals surface area (Å²) in [4.78, 5) is 8.86. The molecule has 2 heterocycles. The molecule has 0 bridgehead atoms. The van der Waals surface area contributed by atoms with Crippen LogP contribution in [0.25, 0.3) is 5.78 Å². The van der Waals surface area contributed by atoms with Crippen LogP contribution in [0.2, 0.25) is 0 Å². The second-order valence-corrected chi connectivity index (χ2v) is 6.29. The highest BCUT2D eigenvalue weighted by molar-refractivity contribution is 7.99. The van der Waals surface area contributed by atoms with Gasteiger partial charge < -0.3 is 0 Å². The molecule has 1 saturated carbocycles. The average molecular weight is 273 g/mol. The number of thioether (sulfide) groups is 1. The SMILES string of the molecule is Cc1cc(C)n2nc(S[C@@H]3CC[C@H](C#N)C3)nc2n1. The first-order valence-corrected chi connectivity index (χ1v) is 7.31. The summed E-state index contributed by atoms with van der Waals surface area (Å²) in [6.45, 7) is 3.97. The summed E-state index contributed by atoms with van der Waals surface area (Å²) in [6, 6.07) is 4.35. The zero-order valence-corrected chi connectivity index (χ0v) is 11.8. The fraction of sp³-hybridized carbons (Fsp3) is 0.538. The summed E-state index contributed by atoms with van der Waals surface area (Å²) in [5.41, 5.74) is 2.00. The third-order valence-corrected chi connectivity index (χ3v) is 4.58. The maximum absolute atomic E-state index is 8.93. The number of aryl methyl sites for hydroxylation is 2. The van der Waals surface area contributed by atoms with Gasteiger partial charge in [0.05, 0.1) is 6.07 Å². The molecule has 0 spiro atoms. The zero-order chi connectivity index (χ0) is 13.4. The minimum absolute atomic E-state index is 0.205. The van der Waals surface area contributed by atoms with Crippen LogP contribution in [-0.4, -0.2) is 24.8 Å². The smallest absolute Gasteiger partial charge is 0.216 e. The topological polar surface area (TPSA) is 66.9 Å². The molecule has 5 nitrogen and oxygen atoms in total. The Bertz CT molecular complexity index is 657. The van der Waals surface area contributed by atoms with E-state index in [1.165, 1.54) is 0 Å². The molecule has 2 aromatic heterocycles. The number of hydrogen-bond acceptors (Lipinski definition) is 5. The van der Waals surface area contributed by atoms with Gasteiger partial charge in [-0.25, -0.2) is 9.50 Å². The van der Waals surface area contributed by atoms with E-state index in [4.69, 9.17) is 5.26 Å². The lowest BCUT2D eigenvalue weighted by molar-refractivity contribution is 0.702. The third kappa shape index (κ3) is 2.43. The molecule has 6 heteroatoms. The predicted molar refractivity (Wildman–Crippen MR) is 72.9 cm³/mol. The summed E-state index contributed by atoms with van der Waals surface area (Å²) >= 11 is 1.68. The van der Waals surface area contributed by atoms with Gasteiger partial charge in [0.25, 0.3) is 5.78 Å². The lowest BCUT2D eigenvalue weighted by atomic mass is 10.1. The van der Waals surface area contributed by atoms with Crippen molar-refractivity contribution in [3.63, 3.8) is 0 Å². The Morgan fingerprint density at radius 1 is 1.37 bits per heavy atom. The second-order valence-electron chi connectivity index (χ2n) is 5.02. The van der Waals surface area contributed by atoms with Gasteiger partial charge in [0.2, 0.25) is 5.16 Å². The second kappa shape index (κ2) is 4.82. The van der Waals surface area contributed by atoms with Gasteiger partial charge in [-0.2, -0.15) is 10.2 Å². The first-order chi connectivity index (χ1) is 9.15. The zero-order valence-electron chi connectivity index (χ0n) is 11.0. The van der Waals surface area contributed by atoms with Gasteiger partial charge in [0.15, 0.2) is 0 Å². The number of nitriles is 1. The Balaban J connectivity index is 1.83. The molecule has 0 amide bonds. The van der Waals surface area contributed by atoms with Crippen molar-refractivity contribution in [3.05, 3.63) is 17.5 Å². The predicted octanol–water partition coefficient (Wildman–Crippen LogP) is 2.53. The molecule has 19 heavy (non-hydrogen) atoms. The molecule has 1 fully saturated rings. The molecule has 0 aromatic carbocycles. The van der Waals surface area contributed by atoms with Crippen molar-refractivity contribution >= 4 is 17.5 Å². The summed E-state index contributed by atoms with van der Waals surface area (Å²) in [5, 5.41) is 14.6. The van der Waals surface area contributed by atoms with Crippen molar-refractivity contribution in [1.29, 1.82) is 5.26 Å². The molecule has 0 saturated heterocycles. The minimum atomic E-state index is 0.205. The fourth-order valence-electron chi connectivity index (χ4n) is 2.51. The molecular formula is C13H15N5S. The normalized spacial score (nSPS) is 22.8. The van der Waals surface area contributed by atoms with Gasteiger partial charge in [0, 0.05) is 22.6 Å². The van der Waals surface area contributed by atoms with Crippen LogP contribution < -0.4 is 0 Å². The number of hydrogen-bond donors (Lipinski definition) is 0. The van der Waals surface area contributed by atoms with Crippen LogP contribution in [-0.2, 0) is 0 Å². The Morgan fingerprint density at radius 3 is 2.95 bits per heavy atom. The van der Waals surface area contributed by atoms with E-state index in [1.807, 2.05) is 19.9 Å². The quantitative estimate of drug-likeness (QED) is 0.841. The van der Waals surface area contributed by atoms with E-state index in [1.54, 1.807) is 16.3 Å². The van der Waals surface area contributed by atoms with E-state index in [0.29, 0.717) is 11.0 Å². The van der Waals surface area contributed by atoms with E-state index < -0.39 is 0 Å². The standard InChI is InChI=1S/C13H15N5S/c1-8-5-9(2)18-12(15-8)16-13(17-18)19-11-4-3-10(6-11)7-14/h5,10-11H,3-4,6H2,1-2H3/t10-,11+/m0/s1. The van der Waals surface area contributed by atoms with Crippen molar-refractivity contribution in [3.8, 4) is 6.07 Å². The van der Waals surface area contributed by atoms with Crippen LogP contribution in [0.15, 0.2) is 11.2 Å². The molecule has 0 N–H and O–H groups in total. The highest BCUT2D eigenvalue weighted by Crippen LogP contribution is 2.36. The van der Waals surface area contributed by atoms with Crippen LogP contribution in [0.4, 0.5) is 0 Å². The molecule has 2 aromatic rings. The maximum atomic E-state index is 8.93. The van der Waals surface area contributed by atoms with E-state index in [2.05, 4.69) is 21.1 Å². The van der Waals surface area contributed by atoms with Gasteiger partial charge in [-0.1, -0.05) is 11.8 Å². The summed E-state index contributed by atoms with van der Waals surface area (Å²) in [6.07, 6.45) is 3.02. The molecule has 0 unspecified atom stereocenters. The largest absolute Gasteiger partial charge is 0.253 e. The Labute approximate surface area is 116 Å². The molecule has 1 aliphatic carbocycles. The lowest BCUT2D eigenvalue weighted by Gasteiger charge is -2.03. The number of aromatic nitrogens is 4. The van der Waals surface area contributed by atoms with E-state index >= 15 is 0 Å². The summed E-state index contributed by atoms with van der Waals surface area (Å²) in [7, 11) is 0. The Kier molecular flexibility index (Phi) is 3.15. The molecular weight excluding hydrogens is 258 g/mol. The minimum Gasteiger partial charge on any atom is -0.216 e. The van der Waals surface area contributed by atoms with Crippen LogP contribution in [0.3, 0.4) is 0 Å². The van der Waals surface area contributed by atoms with Crippen LogP contribution in [0.1, 0.15) is 30.7 Å². The Hall–Kier alpha value is -1.61. The molecule has 3 rings (SSSR count).